The molecular weight excluding hydrogens is 328 g/mol. The Kier molecular flexibility index (Phi) is 4.16. The minimum absolute atomic E-state index is 0.266. The lowest BCUT2D eigenvalue weighted by atomic mass is 9.69. The molecule has 0 fully saturated rings. The maximum absolute atomic E-state index is 12.8. The third-order valence-electron chi connectivity index (χ3n) is 4.94. The zero-order valence-electron chi connectivity index (χ0n) is 15.8. The third-order valence-corrected chi connectivity index (χ3v) is 5.86. The molecule has 0 aliphatic heterocycles. The van der Waals surface area contributed by atoms with Gasteiger partial charge >= 0.3 is 5.97 Å². The fourth-order valence-corrected chi connectivity index (χ4v) is 5.36. The molecular formula is C21H26O3Si. The van der Waals surface area contributed by atoms with Gasteiger partial charge in [-0.1, -0.05) is 48.5 Å². The van der Waals surface area contributed by atoms with Crippen molar-refractivity contribution in [3.63, 3.8) is 0 Å². The molecule has 2 aromatic carbocycles. The van der Waals surface area contributed by atoms with E-state index in [0.717, 1.165) is 22.3 Å². The van der Waals surface area contributed by atoms with Gasteiger partial charge in [0, 0.05) is 0 Å². The van der Waals surface area contributed by atoms with Crippen molar-refractivity contribution in [2.24, 2.45) is 5.41 Å². The quantitative estimate of drug-likeness (QED) is 0.575. The summed E-state index contributed by atoms with van der Waals surface area (Å²) in [6.07, 6.45) is 0. The molecule has 0 heterocycles. The highest BCUT2D eigenvalue weighted by molar-refractivity contribution is 6.69. The van der Waals surface area contributed by atoms with Gasteiger partial charge in [0.05, 0.1) is 12.5 Å². The van der Waals surface area contributed by atoms with Gasteiger partial charge in [0.15, 0.2) is 8.32 Å². The first-order valence-corrected chi connectivity index (χ1v) is 12.0. The normalized spacial score (nSPS) is 15.4. The van der Waals surface area contributed by atoms with E-state index in [0.29, 0.717) is 0 Å². The molecule has 3 nitrogen and oxygen atoms in total. The Balaban J connectivity index is 2.41. The Bertz CT molecular complexity index is 772. The van der Waals surface area contributed by atoms with Gasteiger partial charge in [-0.25, -0.2) is 0 Å². The molecule has 0 N–H and O–H groups in total. The van der Waals surface area contributed by atoms with E-state index in [1.54, 1.807) is 0 Å². The number of hydrogen-bond acceptors (Lipinski definition) is 3. The van der Waals surface area contributed by atoms with E-state index in [1.165, 1.54) is 7.11 Å². The van der Waals surface area contributed by atoms with Crippen LogP contribution in [-0.2, 0) is 19.6 Å². The van der Waals surface area contributed by atoms with Gasteiger partial charge in [-0.3, -0.25) is 4.79 Å². The second-order valence-electron chi connectivity index (χ2n) is 8.10. The van der Waals surface area contributed by atoms with Gasteiger partial charge in [0.2, 0.25) is 0 Å². The number of methoxy groups -OCH3 is 1. The molecule has 0 bridgehead atoms. The topological polar surface area (TPSA) is 35.5 Å². The summed E-state index contributed by atoms with van der Waals surface area (Å²) in [7, 11) is -0.564. The van der Waals surface area contributed by atoms with Gasteiger partial charge in [-0.05, 0) is 55.7 Å². The smallest absolute Gasteiger partial charge is 0.314 e. The third kappa shape index (κ3) is 2.55. The van der Waals surface area contributed by atoms with Crippen LogP contribution in [0.2, 0.25) is 19.6 Å². The van der Waals surface area contributed by atoms with Crippen molar-refractivity contribution in [3.8, 4) is 11.1 Å². The summed E-state index contributed by atoms with van der Waals surface area (Å²) >= 11 is 0. The van der Waals surface area contributed by atoms with Gasteiger partial charge < -0.3 is 9.16 Å². The Morgan fingerprint density at radius 3 is 1.76 bits per heavy atom. The Morgan fingerprint density at radius 2 is 1.36 bits per heavy atom. The zero-order valence-corrected chi connectivity index (χ0v) is 16.8. The van der Waals surface area contributed by atoms with Crippen LogP contribution in [0.25, 0.3) is 11.1 Å². The summed E-state index contributed by atoms with van der Waals surface area (Å²) in [5.74, 6) is -0.266. The van der Waals surface area contributed by atoms with Crippen molar-refractivity contribution in [2.75, 3.05) is 7.11 Å². The predicted molar refractivity (Wildman–Crippen MR) is 103 cm³/mol. The molecule has 132 valence electrons. The molecule has 0 unspecified atom stereocenters. The van der Waals surface area contributed by atoms with E-state index in [9.17, 15) is 4.79 Å². The molecule has 4 heteroatoms. The Labute approximate surface area is 151 Å². The second kappa shape index (κ2) is 5.82. The van der Waals surface area contributed by atoms with Crippen LogP contribution in [-0.4, -0.2) is 21.4 Å². The number of fused-ring (bicyclic) bond motifs is 3. The number of rotatable bonds is 4. The van der Waals surface area contributed by atoms with Crippen molar-refractivity contribution in [1.29, 1.82) is 0 Å². The van der Waals surface area contributed by atoms with E-state index in [2.05, 4.69) is 43.9 Å². The Morgan fingerprint density at radius 1 is 0.920 bits per heavy atom. The van der Waals surface area contributed by atoms with E-state index in [4.69, 9.17) is 9.16 Å². The molecule has 0 spiro atoms. The first-order chi connectivity index (χ1) is 11.6. The highest BCUT2D eigenvalue weighted by Crippen LogP contribution is 2.59. The molecule has 3 rings (SSSR count). The highest BCUT2D eigenvalue weighted by atomic mass is 28.4. The SMILES string of the molecule is COC(=O)C(C)(C)C1(O[Si](C)(C)C)c2ccccc2-c2ccccc21. The lowest BCUT2D eigenvalue weighted by Gasteiger charge is -2.47. The predicted octanol–water partition coefficient (Wildman–Crippen LogP) is 4.96. The van der Waals surface area contributed by atoms with Crippen LogP contribution in [0.4, 0.5) is 0 Å². The summed E-state index contributed by atoms with van der Waals surface area (Å²) in [5, 5.41) is 0. The van der Waals surface area contributed by atoms with Crippen LogP contribution in [0, 0.1) is 5.41 Å². The van der Waals surface area contributed by atoms with E-state index >= 15 is 0 Å². The van der Waals surface area contributed by atoms with Crippen LogP contribution in [0.5, 0.6) is 0 Å². The number of ether oxygens (including phenoxy) is 1. The number of carbonyl (C=O) groups excluding carboxylic acids is 1. The zero-order chi connectivity index (χ0) is 18.5. The molecule has 0 saturated carbocycles. The minimum Gasteiger partial charge on any atom is -0.469 e. The van der Waals surface area contributed by atoms with Crippen molar-refractivity contribution in [1.82, 2.24) is 0 Å². The maximum atomic E-state index is 12.8. The van der Waals surface area contributed by atoms with Gasteiger partial charge in [0.1, 0.15) is 5.60 Å². The van der Waals surface area contributed by atoms with Crippen molar-refractivity contribution in [2.45, 2.75) is 39.1 Å². The fourth-order valence-electron chi connectivity index (χ4n) is 3.96. The fraction of sp³-hybridized carbons (Fsp3) is 0.381. The van der Waals surface area contributed by atoms with Crippen molar-refractivity contribution < 1.29 is 14.0 Å². The van der Waals surface area contributed by atoms with E-state index < -0.39 is 19.3 Å². The lowest BCUT2D eigenvalue weighted by molar-refractivity contribution is -0.162. The average molecular weight is 355 g/mol. The van der Waals surface area contributed by atoms with Crippen LogP contribution >= 0.6 is 0 Å². The van der Waals surface area contributed by atoms with Crippen LogP contribution in [0.1, 0.15) is 25.0 Å². The van der Waals surface area contributed by atoms with Crippen LogP contribution < -0.4 is 0 Å². The summed E-state index contributed by atoms with van der Waals surface area (Å²) in [6, 6.07) is 16.5. The molecule has 0 radical (unpaired) electrons. The van der Waals surface area contributed by atoms with Crippen LogP contribution in [0.15, 0.2) is 48.5 Å². The molecule has 0 saturated heterocycles. The maximum Gasteiger partial charge on any atom is 0.314 e. The number of esters is 1. The number of benzene rings is 2. The summed E-state index contributed by atoms with van der Waals surface area (Å²) in [4.78, 5) is 12.8. The number of hydrogen-bond donors (Lipinski definition) is 0. The molecule has 0 aromatic heterocycles. The average Bonchev–Trinajstić information content (AvgIpc) is 2.85. The lowest BCUT2D eigenvalue weighted by Crippen LogP contribution is -2.53. The van der Waals surface area contributed by atoms with Crippen molar-refractivity contribution in [3.05, 3.63) is 59.7 Å². The molecule has 2 aromatic rings. The largest absolute Gasteiger partial charge is 0.469 e. The van der Waals surface area contributed by atoms with Crippen molar-refractivity contribution >= 4 is 14.3 Å². The van der Waals surface area contributed by atoms with Crippen LogP contribution in [0.3, 0.4) is 0 Å². The monoisotopic (exact) mass is 354 g/mol. The highest BCUT2D eigenvalue weighted by Gasteiger charge is 2.59. The second-order valence-corrected chi connectivity index (χ2v) is 12.5. The van der Waals surface area contributed by atoms with E-state index in [-0.39, 0.29) is 5.97 Å². The first-order valence-electron chi connectivity index (χ1n) is 8.63. The molecule has 1 aliphatic rings. The van der Waals surface area contributed by atoms with Gasteiger partial charge in [-0.15, -0.1) is 0 Å². The summed E-state index contributed by atoms with van der Waals surface area (Å²) < 4.78 is 12.1. The van der Waals surface area contributed by atoms with Gasteiger partial charge in [0.25, 0.3) is 0 Å². The minimum atomic E-state index is -2.01. The Hall–Kier alpha value is -1.91. The molecule has 0 atom stereocenters. The molecule has 1 aliphatic carbocycles. The van der Waals surface area contributed by atoms with Gasteiger partial charge in [-0.2, -0.15) is 0 Å². The molecule has 25 heavy (non-hydrogen) atoms. The first kappa shape index (κ1) is 17.9. The number of carbonyl (C=O) groups is 1. The molecule has 0 amide bonds. The standard InChI is InChI=1S/C21H26O3Si/c1-20(2,19(22)23-3)21(24-25(4,5)6)17-13-9-7-11-15(17)16-12-8-10-14-18(16)21/h7-14H,1-6H3. The summed E-state index contributed by atoms with van der Waals surface area (Å²) in [6.45, 7) is 10.3. The van der Waals surface area contributed by atoms with E-state index in [1.807, 2.05) is 38.1 Å². The summed E-state index contributed by atoms with van der Waals surface area (Å²) in [5.41, 5.74) is 2.65.